The molecule has 29 heavy (non-hydrogen) atoms. The van der Waals surface area contributed by atoms with Gasteiger partial charge in [0.05, 0.1) is 4.90 Å². The Labute approximate surface area is 175 Å². The Morgan fingerprint density at radius 2 is 1.76 bits per heavy atom. The van der Waals surface area contributed by atoms with E-state index in [2.05, 4.69) is 58.9 Å². The van der Waals surface area contributed by atoms with Crippen molar-refractivity contribution in [2.45, 2.75) is 30.8 Å². The topological polar surface area (TPSA) is 73.8 Å². The van der Waals surface area contributed by atoms with Gasteiger partial charge in [0, 0.05) is 32.4 Å². The minimum absolute atomic E-state index is 0.326. The fourth-order valence-electron chi connectivity index (χ4n) is 3.18. The summed E-state index contributed by atoms with van der Waals surface area (Å²) < 4.78 is 23.5. The van der Waals surface area contributed by atoms with Gasteiger partial charge in [-0.3, -0.25) is 4.99 Å². The lowest BCUT2D eigenvalue weighted by atomic mass is 10.1. The third kappa shape index (κ3) is 7.18. The number of sulfone groups is 1. The third-order valence-electron chi connectivity index (χ3n) is 4.87. The summed E-state index contributed by atoms with van der Waals surface area (Å²) in [6.07, 6.45) is 2.18. The highest BCUT2D eigenvalue weighted by atomic mass is 32.2. The smallest absolute Gasteiger partial charge is 0.191 e. The number of likely N-dealkylation sites (N-methyl/N-ethyl adjacent to an activating group) is 1. The Kier molecular flexibility index (Phi) is 8.22. The van der Waals surface area contributed by atoms with Crippen molar-refractivity contribution >= 4 is 15.8 Å². The molecule has 2 rings (SSSR count). The summed E-state index contributed by atoms with van der Waals surface area (Å²) in [5.41, 5.74) is 3.06. The third-order valence-corrected chi connectivity index (χ3v) is 6.13. The van der Waals surface area contributed by atoms with Gasteiger partial charge < -0.3 is 15.5 Å². The van der Waals surface area contributed by atoms with Gasteiger partial charge in [0.2, 0.25) is 0 Å². The first-order valence-electron chi connectivity index (χ1n) is 9.65. The quantitative estimate of drug-likeness (QED) is 0.510. The Morgan fingerprint density at radius 3 is 2.31 bits per heavy atom. The second-order valence-corrected chi connectivity index (χ2v) is 9.47. The standard InChI is InChI=1S/C22H32N4O2S/c1-17-13-19(11-12-21(17)29(5,27)28)15-24-22(23-2)25-16-20(26(3)4)14-18-9-7-6-8-10-18/h6-13,20H,14-16H2,1-5H3,(H2,23,24,25). The number of guanidine groups is 1. The molecular weight excluding hydrogens is 384 g/mol. The van der Waals surface area contributed by atoms with Crippen molar-refractivity contribution in [1.82, 2.24) is 15.5 Å². The number of nitrogens with one attached hydrogen (secondary N) is 2. The summed E-state index contributed by atoms with van der Waals surface area (Å²) in [4.78, 5) is 6.88. The maximum atomic E-state index is 11.8. The molecule has 0 aliphatic carbocycles. The van der Waals surface area contributed by atoms with Gasteiger partial charge in [-0.25, -0.2) is 8.42 Å². The van der Waals surface area contributed by atoms with Crippen LogP contribution >= 0.6 is 0 Å². The van der Waals surface area contributed by atoms with E-state index in [4.69, 9.17) is 0 Å². The number of benzene rings is 2. The minimum Gasteiger partial charge on any atom is -0.355 e. The van der Waals surface area contributed by atoms with Crippen LogP contribution < -0.4 is 10.6 Å². The van der Waals surface area contributed by atoms with Crippen LogP contribution in [0.2, 0.25) is 0 Å². The van der Waals surface area contributed by atoms with Gasteiger partial charge in [-0.1, -0.05) is 42.5 Å². The molecule has 0 aliphatic heterocycles. The van der Waals surface area contributed by atoms with Crippen LogP contribution in [0.4, 0.5) is 0 Å². The van der Waals surface area contributed by atoms with E-state index in [0.29, 0.717) is 17.5 Å². The zero-order valence-electron chi connectivity index (χ0n) is 17.9. The molecular formula is C22H32N4O2S. The number of nitrogens with zero attached hydrogens (tertiary/aromatic N) is 2. The van der Waals surface area contributed by atoms with E-state index < -0.39 is 9.84 Å². The highest BCUT2D eigenvalue weighted by molar-refractivity contribution is 7.90. The zero-order valence-corrected chi connectivity index (χ0v) is 18.8. The number of hydrogen-bond donors (Lipinski definition) is 2. The van der Waals surface area contributed by atoms with Crippen LogP contribution in [0.3, 0.4) is 0 Å². The van der Waals surface area contributed by atoms with Crippen LogP contribution in [0.25, 0.3) is 0 Å². The van der Waals surface area contributed by atoms with Crippen molar-refractivity contribution in [3.8, 4) is 0 Å². The predicted molar refractivity (Wildman–Crippen MR) is 120 cm³/mol. The zero-order chi connectivity index (χ0) is 21.4. The van der Waals surface area contributed by atoms with Gasteiger partial charge in [-0.15, -0.1) is 0 Å². The van der Waals surface area contributed by atoms with Crippen LogP contribution in [0.1, 0.15) is 16.7 Å². The minimum atomic E-state index is -3.20. The van der Waals surface area contributed by atoms with E-state index in [0.717, 1.165) is 30.1 Å². The fourth-order valence-corrected chi connectivity index (χ4v) is 4.14. The molecule has 1 unspecified atom stereocenters. The highest BCUT2D eigenvalue weighted by Gasteiger charge is 2.14. The van der Waals surface area contributed by atoms with E-state index in [1.807, 2.05) is 25.1 Å². The van der Waals surface area contributed by atoms with Crippen LogP contribution in [-0.4, -0.2) is 59.3 Å². The molecule has 0 aromatic heterocycles. The Hall–Kier alpha value is -2.38. The van der Waals surface area contributed by atoms with Crippen molar-refractivity contribution in [2.75, 3.05) is 33.9 Å². The molecule has 2 aromatic rings. The summed E-state index contributed by atoms with van der Waals surface area (Å²) in [6.45, 7) is 3.14. The van der Waals surface area contributed by atoms with Gasteiger partial charge in [0.1, 0.15) is 0 Å². The van der Waals surface area contributed by atoms with Gasteiger partial charge in [0.15, 0.2) is 15.8 Å². The van der Waals surface area contributed by atoms with Gasteiger partial charge in [-0.05, 0) is 50.2 Å². The molecule has 158 valence electrons. The molecule has 0 fully saturated rings. The van der Waals surface area contributed by atoms with E-state index in [1.54, 1.807) is 13.1 Å². The first-order valence-corrected chi connectivity index (χ1v) is 11.5. The second-order valence-electron chi connectivity index (χ2n) is 7.49. The molecule has 0 radical (unpaired) electrons. The van der Waals surface area contributed by atoms with Gasteiger partial charge >= 0.3 is 0 Å². The molecule has 6 nitrogen and oxygen atoms in total. The lowest BCUT2D eigenvalue weighted by molar-refractivity contribution is 0.290. The number of aryl methyl sites for hydroxylation is 1. The van der Waals surface area contributed by atoms with Crippen molar-refractivity contribution < 1.29 is 8.42 Å². The van der Waals surface area contributed by atoms with E-state index in [9.17, 15) is 8.42 Å². The molecule has 0 saturated carbocycles. The predicted octanol–water partition coefficient (Wildman–Crippen LogP) is 2.24. The Bertz CT molecular complexity index is 925. The van der Waals surface area contributed by atoms with E-state index in [1.165, 1.54) is 11.8 Å². The Balaban J connectivity index is 1.94. The van der Waals surface area contributed by atoms with Crippen LogP contribution in [0.15, 0.2) is 58.4 Å². The molecule has 2 aromatic carbocycles. The summed E-state index contributed by atoms with van der Waals surface area (Å²) in [5.74, 6) is 0.717. The van der Waals surface area contributed by atoms with Crippen LogP contribution in [0.5, 0.6) is 0 Å². The molecule has 0 heterocycles. The normalized spacial score (nSPS) is 13.4. The monoisotopic (exact) mass is 416 g/mol. The molecule has 0 aliphatic rings. The molecule has 1 atom stereocenters. The van der Waals surface area contributed by atoms with E-state index in [-0.39, 0.29) is 0 Å². The second kappa shape index (κ2) is 10.4. The van der Waals surface area contributed by atoms with Gasteiger partial charge in [-0.2, -0.15) is 0 Å². The summed E-state index contributed by atoms with van der Waals surface area (Å²) in [6, 6.07) is 16.2. The summed E-state index contributed by atoms with van der Waals surface area (Å²) in [7, 11) is 2.71. The number of aliphatic imine (C=N–C) groups is 1. The van der Waals surface area contributed by atoms with Crippen LogP contribution in [-0.2, 0) is 22.8 Å². The van der Waals surface area contributed by atoms with Crippen molar-refractivity contribution in [1.29, 1.82) is 0 Å². The molecule has 0 spiro atoms. The van der Waals surface area contributed by atoms with E-state index >= 15 is 0 Å². The summed E-state index contributed by atoms with van der Waals surface area (Å²) >= 11 is 0. The maximum absolute atomic E-state index is 11.8. The van der Waals surface area contributed by atoms with Gasteiger partial charge in [0.25, 0.3) is 0 Å². The number of rotatable bonds is 8. The lowest BCUT2D eigenvalue weighted by Crippen LogP contribution is -2.45. The van der Waals surface area contributed by atoms with Crippen molar-refractivity contribution in [3.63, 3.8) is 0 Å². The van der Waals surface area contributed by atoms with Crippen molar-refractivity contribution in [2.24, 2.45) is 4.99 Å². The molecule has 7 heteroatoms. The average molecular weight is 417 g/mol. The maximum Gasteiger partial charge on any atom is 0.191 e. The first kappa shape index (κ1) is 22.9. The van der Waals surface area contributed by atoms with Crippen molar-refractivity contribution in [3.05, 3.63) is 65.2 Å². The first-order chi connectivity index (χ1) is 13.7. The SMILES string of the molecule is CN=C(NCc1ccc(S(C)(=O)=O)c(C)c1)NCC(Cc1ccccc1)N(C)C. The largest absolute Gasteiger partial charge is 0.355 e. The van der Waals surface area contributed by atoms with Crippen LogP contribution in [0, 0.1) is 6.92 Å². The average Bonchev–Trinajstić information content (AvgIpc) is 2.66. The molecule has 0 amide bonds. The lowest BCUT2D eigenvalue weighted by Gasteiger charge is -2.25. The Morgan fingerprint density at radius 1 is 1.07 bits per heavy atom. The molecule has 0 bridgehead atoms. The molecule has 2 N–H and O–H groups in total. The molecule has 0 saturated heterocycles. The number of hydrogen-bond acceptors (Lipinski definition) is 4. The summed E-state index contributed by atoms with van der Waals surface area (Å²) in [5, 5.41) is 6.69. The highest BCUT2D eigenvalue weighted by Crippen LogP contribution is 2.16. The fraction of sp³-hybridized carbons (Fsp3) is 0.409.